The Hall–Kier alpha value is 1.22. The molecular formula is C48H90O13Si8. The Kier molecular flexibility index (Phi) is 15.4. The fourth-order valence-electron chi connectivity index (χ4n) is 16.1. The van der Waals surface area contributed by atoms with E-state index in [1.807, 2.05) is 0 Å². The van der Waals surface area contributed by atoms with Gasteiger partial charge in [-0.3, -0.25) is 0 Å². The van der Waals surface area contributed by atoms with Gasteiger partial charge in [-0.15, -0.1) is 0 Å². The molecule has 392 valence electrons. The summed E-state index contributed by atoms with van der Waals surface area (Å²) in [7, 11) is -34.2. The molecule has 8 saturated carbocycles. The molecule has 15 aliphatic rings. The first-order chi connectivity index (χ1) is 33.6. The number of hydrogen-bond acceptors (Lipinski definition) is 13. The summed E-state index contributed by atoms with van der Waals surface area (Å²) >= 11 is 0. The molecule has 0 spiro atoms. The quantitative estimate of drug-likeness (QED) is 0.223. The van der Waals surface area contributed by atoms with E-state index in [0.29, 0.717) is 0 Å². The molecule has 4 atom stereocenters. The first-order valence-electron chi connectivity index (χ1n) is 29.8. The zero-order valence-electron chi connectivity index (χ0n) is 42.3. The third-order valence-corrected chi connectivity index (χ3v) is 57.9. The second-order valence-corrected chi connectivity index (χ2v) is 50.0. The van der Waals surface area contributed by atoms with Crippen molar-refractivity contribution in [2.45, 2.75) is 301 Å². The lowest BCUT2D eigenvalue weighted by molar-refractivity contribution is -0.0335. The van der Waals surface area contributed by atoms with E-state index in [-0.39, 0.29) is 44.3 Å². The van der Waals surface area contributed by atoms with Crippen molar-refractivity contribution in [3.8, 4) is 0 Å². The highest BCUT2D eigenvalue weighted by Crippen LogP contribution is 2.64. The maximum Gasteiger partial charge on any atom is 0.486 e. The minimum atomic E-state index is -4.34. The summed E-state index contributed by atoms with van der Waals surface area (Å²) in [6.07, 6.45) is 40.0. The van der Waals surface area contributed by atoms with Gasteiger partial charge in [-0.2, -0.15) is 0 Å². The Bertz CT molecular complexity index is 1570. The first kappa shape index (κ1) is 51.0. The highest BCUT2D eigenvalue weighted by molar-refractivity contribution is 7.02. The maximum atomic E-state index is 14.4. The van der Waals surface area contributed by atoms with Crippen LogP contribution in [0.5, 0.6) is 0 Å². The van der Waals surface area contributed by atoms with Gasteiger partial charge in [0.2, 0.25) is 0 Å². The zero-order valence-corrected chi connectivity index (χ0v) is 50.3. The fraction of sp³-hybridized carbons (Fsp3) is 1.00. The van der Waals surface area contributed by atoms with Crippen molar-refractivity contribution in [2.75, 3.05) is 0 Å². The van der Waals surface area contributed by atoms with Gasteiger partial charge in [0.05, 0.1) is 0 Å². The van der Waals surface area contributed by atoms with E-state index in [9.17, 15) is 9.59 Å². The van der Waals surface area contributed by atoms with Crippen LogP contribution < -0.4 is 0 Å². The highest BCUT2D eigenvalue weighted by Gasteiger charge is 2.85. The summed E-state index contributed by atoms with van der Waals surface area (Å²) < 4.78 is 92.9. The molecule has 15 fully saturated rings. The van der Waals surface area contributed by atoms with Crippen molar-refractivity contribution in [3.63, 3.8) is 0 Å². The second kappa shape index (κ2) is 20.9. The Morgan fingerprint density at radius 1 is 0.174 bits per heavy atom. The van der Waals surface area contributed by atoms with Crippen molar-refractivity contribution in [1.82, 2.24) is 0 Å². The van der Waals surface area contributed by atoms with Gasteiger partial charge in [-0.05, 0) is 103 Å². The van der Waals surface area contributed by atoms with Crippen LogP contribution in [0.4, 0.5) is 0 Å². The smallest absolute Gasteiger partial charge is 0.390 e. The van der Waals surface area contributed by atoms with Crippen molar-refractivity contribution in [3.05, 3.63) is 0 Å². The monoisotopic (exact) mass is 1100 g/mol. The van der Waals surface area contributed by atoms with E-state index < -0.39 is 70.4 Å². The van der Waals surface area contributed by atoms with Crippen LogP contribution in [0.25, 0.3) is 0 Å². The number of hydrogen-bond donors (Lipinski definition) is 2. The van der Waals surface area contributed by atoms with Crippen LogP contribution in [0.1, 0.15) is 257 Å². The van der Waals surface area contributed by atoms with Crippen molar-refractivity contribution < 1.29 is 54.9 Å². The van der Waals surface area contributed by atoms with Gasteiger partial charge in [0.25, 0.3) is 0 Å². The SMILES string of the molecule is O[Si]1(C2CCCCC2)O[Si]2(C3CCCCC3)O[Si]3(C4CCCCC4)O[Si](O)(C4CCCCC4)O[Si]4(C5CCCCC5)O[Si](C5CCCCC5)(O3)O[Si](C3CCCCC3)(O1)O[Si](C1CCCCC1)(O2)O4. The van der Waals surface area contributed by atoms with E-state index in [0.717, 1.165) is 257 Å². The van der Waals surface area contributed by atoms with Crippen LogP contribution in [0.3, 0.4) is 0 Å². The first-order valence-corrected chi connectivity index (χ1v) is 44.3. The lowest BCUT2D eigenvalue weighted by Gasteiger charge is -2.65. The van der Waals surface area contributed by atoms with Gasteiger partial charge in [0.15, 0.2) is 0 Å². The van der Waals surface area contributed by atoms with Crippen molar-refractivity contribution >= 4 is 70.4 Å². The fourth-order valence-corrected chi connectivity index (χ4v) is 68.2. The standard InChI is InChI=1S/C48H90O13Si8/c49-62(41-25-9-1-10-26-41)51-64(43-29-13-3-14-30-43)55-65(44-31-15-4-16-32-44)52-63(50,42-27-11-2-12-28-42)54-67(46-35-19-6-20-36-46)59-69(57-65,48-39-23-8-24-40-48)60-66(53-62,45-33-17-5-18-34-45)58-68(56-64,61-67)47-37-21-7-22-38-47/h41-50H,1-40H2. The summed E-state index contributed by atoms with van der Waals surface area (Å²) in [6, 6.07) is 0. The third-order valence-electron chi connectivity index (χ3n) is 20.0. The van der Waals surface area contributed by atoms with Crippen LogP contribution in [0.2, 0.25) is 44.3 Å². The van der Waals surface area contributed by atoms with E-state index in [1.54, 1.807) is 0 Å². The molecule has 21 heteroatoms. The van der Waals surface area contributed by atoms with Crippen LogP contribution in [-0.2, 0) is 45.3 Å². The maximum absolute atomic E-state index is 14.4. The number of fused-ring (bicyclic) bond motifs is 4. The average Bonchev–Trinajstić information content (AvgIpc) is 3.39. The minimum absolute atomic E-state index is 0.0680. The Morgan fingerprint density at radius 3 is 0.464 bits per heavy atom. The van der Waals surface area contributed by atoms with E-state index in [4.69, 9.17) is 45.3 Å². The molecule has 2 N–H and O–H groups in total. The molecule has 6 bridgehead atoms. The van der Waals surface area contributed by atoms with Gasteiger partial charge in [-0.25, -0.2) is 0 Å². The summed E-state index contributed by atoms with van der Waals surface area (Å²) in [4.78, 5) is 28.8. The van der Waals surface area contributed by atoms with Crippen LogP contribution in [0.15, 0.2) is 0 Å². The van der Waals surface area contributed by atoms with E-state index in [2.05, 4.69) is 0 Å². The Morgan fingerprint density at radius 2 is 0.304 bits per heavy atom. The lowest BCUT2D eigenvalue weighted by Crippen LogP contribution is -2.88. The molecule has 0 radical (unpaired) electrons. The Labute approximate surface area is 424 Å². The van der Waals surface area contributed by atoms with Gasteiger partial charge in [0.1, 0.15) is 0 Å². The molecule has 4 unspecified atom stereocenters. The van der Waals surface area contributed by atoms with E-state index >= 15 is 0 Å². The normalized spacial score (nSPS) is 46.3. The molecule has 15 rings (SSSR count). The second-order valence-electron chi connectivity index (χ2n) is 24.7. The van der Waals surface area contributed by atoms with Crippen molar-refractivity contribution in [1.29, 1.82) is 0 Å². The summed E-state index contributed by atoms with van der Waals surface area (Å²) in [5.41, 5.74) is -0.892. The minimum Gasteiger partial charge on any atom is -0.390 e. The molecule has 69 heavy (non-hydrogen) atoms. The molecule has 0 amide bonds. The van der Waals surface area contributed by atoms with Gasteiger partial charge in [0, 0.05) is 44.3 Å². The Balaban J connectivity index is 1.20. The van der Waals surface area contributed by atoms with Gasteiger partial charge >= 0.3 is 70.4 Å². The van der Waals surface area contributed by atoms with Gasteiger partial charge < -0.3 is 54.9 Å². The predicted octanol–water partition coefficient (Wildman–Crippen LogP) is 13.4. The molecule has 0 aromatic carbocycles. The molecule has 0 aromatic heterocycles. The predicted molar refractivity (Wildman–Crippen MR) is 277 cm³/mol. The van der Waals surface area contributed by atoms with Crippen LogP contribution >= 0.6 is 0 Å². The highest BCUT2D eigenvalue weighted by atomic mass is 28.6. The summed E-state index contributed by atoms with van der Waals surface area (Å²) in [5.74, 6) is 0. The largest absolute Gasteiger partial charge is 0.486 e. The molecule has 7 heterocycles. The van der Waals surface area contributed by atoms with Gasteiger partial charge in [-0.1, -0.05) is 154 Å². The molecule has 7 saturated heterocycles. The topological polar surface area (TPSA) is 142 Å². The summed E-state index contributed by atoms with van der Waals surface area (Å²) in [6.45, 7) is 0. The average molecular weight is 1100 g/mol. The van der Waals surface area contributed by atoms with Crippen LogP contribution in [0, 0.1) is 0 Å². The molecule has 13 nitrogen and oxygen atoms in total. The molecule has 8 aliphatic carbocycles. The summed E-state index contributed by atoms with van der Waals surface area (Å²) in [5, 5.41) is 0. The third kappa shape index (κ3) is 9.74. The molecule has 7 aliphatic heterocycles. The molecular weight excluding hydrogens is 1010 g/mol. The lowest BCUT2D eigenvalue weighted by atomic mass is 10.0. The van der Waals surface area contributed by atoms with E-state index in [1.165, 1.54) is 0 Å². The molecule has 0 aromatic rings. The number of rotatable bonds is 8. The van der Waals surface area contributed by atoms with Crippen LogP contribution in [-0.4, -0.2) is 80.0 Å². The van der Waals surface area contributed by atoms with Crippen molar-refractivity contribution in [2.24, 2.45) is 0 Å². The zero-order chi connectivity index (χ0) is 46.7.